The first-order chi connectivity index (χ1) is 8.35. The molecule has 0 heterocycles. The first-order valence-corrected chi connectivity index (χ1v) is 6.83. The number of nitrogens with one attached hydrogen (secondary N) is 1. The Kier molecular flexibility index (Phi) is 8.42. The summed E-state index contributed by atoms with van der Waals surface area (Å²) in [5.74, 6) is -0.459. The lowest BCUT2D eigenvalue weighted by Crippen LogP contribution is -2.34. The van der Waals surface area contributed by atoms with E-state index in [-0.39, 0.29) is 18.4 Å². The molecule has 18 heavy (non-hydrogen) atoms. The lowest BCUT2D eigenvalue weighted by Gasteiger charge is -2.19. The van der Waals surface area contributed by atoms with Crippen molar-refractivity contribution >= 4 is 11.9 Å². The quantitative estimate of drug-likeness (QED) is 0.537. The van der Waals surface area contributed by atoms with E-state index in [0.717, 1.165) is 12.8 Å². The van der Waals surface area contributed by atoms with Crippen molar-refractivity contribution in [3.8, 4) is 0 Å². The fourth-order valence-electron chi connectivity index (χ4n) is 1.53. The predicted octanol–water partition coefficient (Wildman–Crippen LogP) is 2.80. The lowest BCUT2D eigenvalue weighted by molar-refractivity contribution is -0.154. The van der Waals surface area contributed by atoms with Crippen LogP contribution in [-0.2, 0) is 14.3 Å². The average Bonchev–Trinajstić information content (AvgIpc) is 2.24. The molecule has 0 bridgehead atoms. The van der Waals surface area contributed by atoms with E-state index in [1.165, 1.54) is 19.3 Å². The maximum atomic E-state index is 11.4. The van der Waals surface area contributed by atoms with Crippen molar-refractivity contribution < 1.29 is 14.3 Å². The monoisotopic (exact) mass is 257 g/mol. The molecule has 0 aliphatic rings. The highest BCUT2D eigenvalue weighted by molar-refractivity contribution is 5.81. The highest BCUT2D eigenvalue weighted by Gasteiger charge is 2.16. The Hall–Kier alpha value is -1.06. The summed E-state index contributed by atoms with van der Waals surface area (Å²) in [6.07, 6.45) is 6.06. The van der Waals surface area contributed by atoms with E-state index in [1.807, 2.05) is 0 Å². The number of unbranched alkanes of at least 4 members (excludes halogenated alkanes) is 4. The highest BCUT2D eigenvalue weighted by atomic mass is 16.6. The summed E-state index contributed by atoms with van der Waals surface area (Å²) in [4.78, 5) is 22.8. The van der Waals surface area contributed by atoms with Crippen LogP contribution in [0.3, 0.4) is 0 Å². The number of hydrogen-bond donors (Lipinski definition) is 1. The van der Waals surface area contributed by atoms with Crippen LogP contribution in [0.4, 0.5) is 0 Å². The lowest BCUT2D eigenvalue weighted by atomic mass is 10.1. The van der Waals surface area contributed by atoms with E-state index >= 15 is 0 Å². The van der Waals surface area contributed by atoms with Gasteiger partial charge in [-0.05, 0) is 27.2 Å². The Morgan fingerprint density at radius 3 is 2.22 bits per heavy atom. The molecule has 1 N–H and O–H groups in total. The van der Waals surface area contributed by atoms with Crippen LogP contribution in [0.15, 0.2) is 0 Å². The molecule has 1 amide bonds. The zero-order valence-corrected chi connectivity index (χ0v) is 12.2. The predicted molar refractivity (Wildman–Crippen MR) is 72.2 cm³/mol. The number of amides is 1. The van der Waals surface area contributed by atoms with E-state index in [1.54, 1.807) is 20.8 Å². The third-order valence-corrected chi connectivity index (χ3v) is 2.36. The van der Waals surface area contributed by atoms with E-state index in [4.69, 9.17) is 4.74 Å². The van der Waals surface area contributed by atoms with E-state index in [9.17, 15) is 9.59 Å². The molecule has 0 unspecified atom stereocenters. The van der Waals surface area contributed by atoms with Crippen LogP contribution in [0.5, 0.6) is 0 Å². The van der Waals surface area contributed by atoms with Crippen LogP contribution in [0, 0.1) is 0 Å². The van der Waals surface area contributed by atoms with Gasteiger partial charge in [0.25, 0.3) is 0 Å². The normalized spacial score (nSPS) is 11.1. The summed E-state index contributed by atoms with van der Waals surface area (Å²) in [6, 6.07) is 0. The second kappa shape index (κ2) is 8.95. The molecule has 4 heteroatoms. The number of hydrogen-bond acceptors (Lipinski definition) is 3. The van der Waals surface area contributed by atoms with Gasteiger partial charge in [0.2, 0.25) is 5.91 Å². The zero-order valence-electron chi connectivity index (χ0n) is 12.2. The number of esters is 1. The summed E-state index contributed by atoms with van der Waals surface area (Å²) < 4.78 is 5.09. The van der Waals surface area contributed by atoms with Gasteiger partial charge in [-0.1, -0.05) is 32.6 Å². The Balaban J connectivity index is 3.55. The first-order valence-electron chi connectivity index (χ1n) is 6.83. The topological polar surface area (TPSA) is 55.4 Å². The van der Waals surface area contributed by atoms with Crippen molar-refractivity contribution in [1.82, 2.24) is 5.32 Å². The third-order valence-electron chi connectivity index (χ3n) is 2.36. The Morgan fingerprint density at radius 1 is 1.06 bits per heavy atom. The molecule has 0 fully saturated rings. The minimum absolute atomic E-state index is 0.0366. The van der Waals surface area contributed by atoms with Gasteiger partial charge >= 0.3 is 5.97 Å². The molecule has 0 aromatic carbocycles. The van der Waals surface area contributed by atoms with Crippen LogP contribution in [0.1, 0.15) is 66.2 Å². The van der Waals surface area contributed by atoms with Gasteiger partial charge in [-0.25, -0.2) is 0 Å². The summed E-state index contributed by atoms with van der Waals surface area (Å²) in [5, 5.41) is 2.58. The minimum Gasteiger partial charge on any atom is -0.459 e. The minimum atomic E-state index is -0.498. The van der Waals surface area contributed by atoms with Gasteiger partial charge in [0.1, 0.15) is 12.1 Å². The molecule has 0 saturated heterocycles. The summed E-state index contributed by atoms with van der Waals surface area (Å²) >= 11 is 0. The first kappa shape index (κ1) is 16.9. The van der Waals surface area contributed by atoms with E-state index < -0.39 is 5.60 Å². The van der Waals surface area contributed by atoms with Crippen LogP contribution in [-0.4, -0.2) is 24.0 Å². The number of ether oxygens (including phenoxy) is 1. The largest absolute Gasteiger partial charge is 0.459 e. The fourth-order valence-corrected chi connectivity index (χ4v) is 1.53. The van der Waals surface area contributed by atoms with Gasteiger partial charge < -0.3 is 10.1 Å². The summed E-state index contributed by atoms with van der Waals surface area (Å²) in [7, 11) is 0. The van der Waals surface area contributed by atoms with Crippen LogP contribution < -0.4 is 5.32 Å². The summed E-state index contributed by atoms with van der Waals surface area (Å²) in [6.45, 7) is 7.54. The molecule has 0 rings (SSSR count). The third kappa shape index (κ3) is 11.4. The average molecular weight is 257 g/mol. The van der Waals surface area contributed by atoms with E-state index in [2.05, 4.69) is 12.2 Å². The van der Waals surface area contributed by atoms with Gasteiger partial charge in [-0.3, -0.25) is 9.59 Å². The molecule has 0 aliphatic heterocycles. The summed E-state index contributed by atoms with van der Waals surface area (Å²) in [5.41, 5.74) is -0.498. The Bertz CT molecular complexity index is 256. The maximum Gasteiger partial charge on any atom is 0.325 e. The van der Waals surface area contributed by atoms with Crippen molar-refractivity contribution in [3.63, 3.8) is 0 Å². The van der Waals surface area contributed by atoms with Crippen molar-refractivity contribution in [3.05, 3.63) is 0 Å². The second-order valence-corrected chi connectivity index (χ2v) is 5.53. The van der Waals surface area contributed by atoms with Gasteiger partial charge in [-0.2, -0.15) is 0 Å². The van der Waals surface area contributed by atoms with E-state index in [0.29, 0.717) is 6.42 Å². The van der Waals surface area contributed by atoms with Crippen LogP contribution >= 0.6 is 0 Å². The van der Waals surface area contributed by atoms with Crippen molar-refractivity contribution in [2.24, 2.45) is 0 Å². The van der Waals surface area contributed by atoms with Gasteiger partial charge in [0.15, 0.2) is 0 Å². The molecule has 0 radical (unpaired) electrons. The number of carbonyl (C=O) groups is 2. The molecule has 0 saturated carbocycles. The fraction of sp³-hybridized carbons (Fsp3) is 0.857. The SMILES string of the molecule is CCCCCCCC(=O)NCC(=O)OC(C)(C)C. The molecule has 106 valence electrons. The van der Waals surface area contributed by atoms with Crippen molar-refractivity contribution in [2.75, 3.05) is 6.54 Å². The number of carbonyl (C=O) groups excluding carboxylic acids is 2. The Labute approximate surface area is 110 Å². The molecular weight excluding hydrogens is 230 g/mol. The van der Waals surface area contributed by atoms with Crippen molar-refractivity contribution in [2.45, 2.75) is 71.8 Å². The Morgan fingerprint density at radius 2 is 1.67 bits per heavy atom. The molecule has 4 nitrogen and oxygen atoms in total. The zero-order chi connectivity index (χ0) is 14.0. The maximum absolute atomic E-state index is 11.4. The van der Waals surface area contributed by atoms with Gasteiger partial charge in [0, 0.05) is 6.42 Å². The molecule has 0 aromatic heterocycles. The van der Waals surface area contributed by atoms with Crippen LogP contribution in [0.2, 0.25) is 0 Å². The second-order valence-electron chi connectivity index (χ2n) is 5.53. The molecule has 0 spiro atoms. The number of rotatable bonds is 8. The molecule has 0 atom stereocenters. The smallest absolute Gasteiger partial charge is 0.325 e. The highest BCUT2D eigenvalue weighted by Crippen LogP contribution is 2.07. The van der Waals surface area contributed by atoms with Gasteiger partial charge in [-0.15, -0.1) is 0 Å². The standard InChI is InChI=1S/C14H27NO3/c1-5-6-7-8-9-10-12(16)15-11-13(17)18-14(2,3)4/h5-11H2,1-4H3,(H,15,16). The molecule has 0 aliphatic carbocycles. The van der Waals surface area contributed by atoms with Crippen LogP contribution in [0.25, 0.3) is 0 Å². The van der Waals surface area contributed by atoms with Gasteiger partial charge in [0.05, 0.1) is 0 Å². The molecule has 0 aromatic rings. The molecular formula is C14H27NO3. The van der Waals surface area contributed by atoms with Crippen molar-refractivity contribution in [1.29, 1.82) is 0 Å².